The fourth-order valence-corrected chi connectivity index (χ4v) is 2.37. The summed E-state index contributed by atoms with van der Waals surface area (Å²) in [5, 5.41) is 14.3. The van der Waals surface area contributed by atoms with E-state index in [2.05, 4.69) is 10.3 Å². The third kappa shape index (κ3) is 3.23. The van der Waals surface area contributed by atoms with E-state index in [4.69, 9.17) is 10.8 Å². The molecule has 100 valence electrons. The number of hydrogen-bond donors (Lipinski definition) is 3. The van der Waals surface area contributed by atoms with Crippen LogP contribution < -0.4 is 11.1 Å². The summed E-state index contributed by atoms with van der Waals surface area (Å²) >= 11 is 1.56. The Morgan fingerprint density at radius 3 is 2.95 bits per heavy atom. The van der Waals surface area contributed by atoms with Crippen molar-refractivity contribution in [2.24, 2.45) is 0 Å². The maximum Gasteiger partial charge on any atom is 0.337 e. The number of thiazole rings is 1. The van der Waals surface area contributed by atoms with Crippen molar-refractivity contribution in [1.82, 2.24) is 4.98 Å². The van der Waals surface area contributed by atoms with Crippen molar-refractivity contribution >= 4 is 28.7 Å². The molecule has 1 heterocycles. The lowest BCUT2D eigenvalue weighted by Gasteiger charge is -2.10. The summed E-state index contributed by atoms with van der Waals surface area (Å²) in [7, 11) is 0. The Bertz CT molecular complexity index is 582. The molecule has 0 aliphatic rings. The lowest BCUT2D eigenvalue weighted by atomic mass is 10.1. The number of nitrogen functional groups attached to an aromatic ring is 1. The number of benzene rings is 1. The third-order valence-corrected chi connectivity index (χ3v) is 3.45. The van der Waals surface area contributed by atoms with Crippen LogP contribution in [0.25, 0.3) is 0 Å². The van der Waals surface area contributed by atoms with Gasteiger partial charge in [-0.25, -0.2) is 9.78 Å². The normalized spacial score (nSPS) is 10.4. The molecule has 2 rings (SSSR count). The molecule has 0 radical (unpaired) electrons. The van der Waals surface area contributed by atoms with E-state index in [-0.39, 0.29) is 5.56 Å². The number of nitrogens with zero attached hydrogens (tertiary/aromatic N) is 1. The Labute approximate surface area is 115 Å². The predicted octanol–water partition coefficient (Wildman–Crippen LogP) is 2.39. The molecular weight excluding hydrogens is 262 g/mol. The topological polar surface area (TPSA) is 88.2 Å². The number of rotatable bonds is 5. The fraction of sp³-hybridized carbons (Fsp3) is 0.231. The summed E-state index contributed by atoms with van der Waals surface area (Å²) < 4.78 is 0. The number of anilines is 2. The number of nitrogens with one attached hydrogen (secondary N) is 1. The Balaban J connectivity index is 2.06. The molecule has 0 atom stereocenters. The van der Waals surface area contributed by atoms with Gasteiger partial charge >= 0.3 is 5.97 Å². The van der Waals surface area contributed by atoms with Gasteiger partial charge in [-0.05, 0) is 24.6 Å². The second-order valence-corrected chi connectivity index (χ2v) is 4.93. The van der Waals surface area contributed by atoms with E-state index in [1.54, 1.807) is 29.8 Å². The van der Waals surface area contributed by atoms with Crippen LogP contribution in [0.2, 0.25) is 0 Å². The maximum atomic E-state index is 11.1. The van der Waals surface area contributed by atoms with Gasteiger partial charge < -0.3 is 16.2 Å². The summed E-state index contributed by atoms with van der Waals surface area (Å²) in [6.07, 6.45) is 0.801. The molecule has 0 bridgehead atoms. The van der Waals surface area contributed by atoms with Gasteiger partial charge in [0.15, 0.2) is 0 Å². The molecule has 1 aromatic heterocycles. The van der Waals surface area contributed by atoms with E-state index >= 15 is 0 Å². The number of aryl methyl sites for hydroxylation is 1. The van der Waals surface area contributed by atoms with Gasteiger partial charge in [-0.15, -0.1) is 11.3 Å². The molecule has 0 unspecified atom stereocenters. The number of carboxylic acid groups (broad SMARTS) is 1. The zero-order valence-electron chi connectivity index (χ0n) is 10.5. The van der Waals surface area contributed by atoms with Gasteiger partial charge in [0.05, 0.1) is 16.8 Å². The highest BCUT2D eigenvalue weighted by atomic mass is 32.1. The third-order valence-electron chi connectivity index (χ3n) is 2.81. The van der Waals surface area contributed by atoms with Gasteiger partial charge in [0.2, 0.25) is 0 Å². The lowest BCUT2D eigenvalue weighted by Crippen LogP contribution is -2.09. The number of aromatic nitrogens is 1. The first-order valence-corrected chi connectivity index (χ1v) is 6.76. The molecule has 0 spiro atoms. The van der Waals surface area contributed by atoms with E-state index in [0.29, 0.717) is 12.2 Å². The Hall–Kier alpha value is -2.08. The van der Waals surface area contributed by atoms with Crippen LogP contribution in [0.5, 0.6) is 0 Å². The average Bonchev–Trinajstić information content (AvgIpc) is 2.86. The van der Waals surface area contributed by atoms with Crippen LogP contribution in [0.15, 0.2) is 23.0 Å². The fourth-order valence-electron chi connectivity index (χ4n) is 1.77. The largest absolute Gasteiger partial charge is 0.478 e. The van der Waals surface area contributed by atoms with Crippen LogP contribution in [0.3, 0.4) is 0 Å². The molecule has 0 saturated carbocycles. The monoisotopic (exact) mass is 277 g/mol. The van der Waals surface area contributed by atoms with Gasteiger partial charge in [0.1, 0.15) is 0 Å². The van der Waals surface area contributed by atoms with Gasteiger partial charge in [-0.3, -0.25) is 0 Å². The van der Waals surface area contributed by atoms with Crippen molar-refractivity contribution in [3.8, 4) is 0 Å². The SMILES string of the molecule is Cc1cc(NCCc2cscn2)cc(C(=O)O)c1N. The Kier molecular flexibility index (Phi) is 4.01. The minimum Gasteiger partial charge on any atom is -0.478 e. The molecule has 0 fully saturated rings. The first-order valence-electron chi connectivity index (χ1n) is 5.82. The summed E-state index contributed by atoms with van der Waals surface area (Å²) in [6.45, 7) is 2.50. The summed E-state index contributed by atoms with van der Waals surface area (Å²) in [5.41, 5.74) is 10.5. The lowest BCUT2D eigenvalue weighted by molar-refractivity contribution is 0.0698. The number of carbonyl (C=O) groups is 1. The molecule has 0 aliphatic carbocycles. The second kappa shape index (κ2) is 5.71. The van der Waals surface area contributed by atoms with Crippen molar-refractivity contribution in [1.29, 1.82) is 0 Å². The van der Waals surface area contributed by atoms with Crippen LogP contribution in [-0.4, -0.2) is 22.6 Å². The summed E-state index contributed by atoms with van der Waals surface area (Å²) in [5.74, 6) is -1.01. The molecule has 19 heavy (non-hydrogen) atoms. The standard InChI is InChI=1S/C13H15N3O2S/c1-8-4-10(5-11(12(8)14)13(17)18)15-3-2-9-6-19-7-16-9/h4-7,15H,2-3,14H2,1H3,(H,17,18). The first kappa shape index (κ1) is 13.4. The van der Waals surface area contributed by atoms with E-state index < -0.39 is 5.97 Å². The van der Waals surface area contributed by atoms with Gasteiger partial charge in [0.25, 0.3) is 0 Å². The summed E-state index contributed by atoms with van der Waals surface area (Å²) in [4.78, 5) is 15.3. The molecule has 4 N–H and O–H groups in total. The molecule has 6 heteroatoms. The first-order chi connectivity index (χ1) is 9.08. The zero-order chi connectivity index (χ0) is 13.8. The summed E-state index contributed by atoms with van der Waals surface area (Å²) in [6, 6.07) is 3.41. The molecule has 0 aliphatic heterocycles. The van der Waals surface area contributed by atoms with Crippen molar-refractivity contribution in [3.05, 3.63) is 39.8 Å². The van der Waals surface area contributed by atoms with Crippen LogP contribution >= 0.6 is 11.3 Å². The minimum atomic E-state index is -1.01. The van der Waals surface area contributed by atoms with Crippen LogP contribution in [0, 0.1) is 6.92 Å². The number of carboxylic acids is 1. The number of aromatic carboxylic acids is 1. The van der Waals surface area contributed by atoms with Crippen molar-refractivity contribution < 1.29 is 9.90 Å². The quantitative estimate of drug-likeness (QED) is 0.730. The van der Waals surface area contributed by atoms with Crippen molar-refractivity contribution in [2.45, 2.75) is 13.3 Å². The predicted molar refractivity (Wildman–Crippen MR) is 76.9 cm³/mol. The second-order valence-electron chi connectivity index (χ2n) is 4.22. The highest BCUT2D eigenvalue weighted by Gasteiger charge is 2.11. The van der Waals surface area contributed by atoms with E-state index in [9.17, 15) is 4.79 Å². The molecular formula is C13H15N3O2S. The molecule has 0 saturated heterocycles. The number of hydrogen-bond acceptors (Lipinski definition) is 5. The van der Waals surface area contributed by atoms with E-state index in [1.165, 1.54) is 0 Å². The van der Waals surface area contributed by atoms with Crippen LogP contribution in [0.1, 0.15) is 21.6 Å². The number of nitrogens with two attached hydrogens (primary N) is 1. The maximum absolute atomic E-state index is 11.1. The Morgan fingerprint density at radius 1 is 1.53 bits per heavy atom. The zero-order valence-corrected chi connectivity index (χ0v) is 11.3. The minimum absolute atomic E-state index is 0.135. The van der Waals surface area contributed by atoms with Crippen LogP contribution in [0.4, 0.5) is 11.4 Å². The van der Waals surface area contributed by atoms with E-state index in [1.807, 2.05) is 11.4 Å². The molecule has 0 amide bonds. The van der Waals surface area contributed by atoms with Gasteiger partial charge in [0, 0.05) is 29.7 Å². The Morgan fingerprint density at radius 2 is 2.32 bits per heavy atom. The molecule has 1 aromatic carbocycles. The highest BCUT2D eigenvalue weighted by molar-refractivity contribution is 7.07. The van der Waals surface area contributed by atoms with Crippen LogP contribution in [-0.2, 0) is 6.42 Å². The molecule has 2 aromatic rings. The smallest absolute Gasteiger partial charge is 0.337 e. The average molecular weight is 277 g/mol. The van der Waals surface area contributed by atoms with Gasteiger partial charge in [-0.1, -0.05) is 0 Å². The van der Waals surface area contributed by atoms with Crippen molar-refractivity contribution in [2.75, 3.05) is 17.6 Å². The van der Waals surface area contributed by atoms with Crippen molar-refractivity contribution in [3.63, 3.8) is 0 Å². The van der Waals surface area contributed by atoms with Gasteiger partial charge in [-0.2, -0.15) is 0 Å². The highest BCUT2D eigenvalue weighted by Crippen LogP contribution is 2.22. The molecule has 5 nitrogen and oxygen atoms in total. The van der Waals surface area contributed by atoms with E-state index in [0.717, 1.165) is 23.4 Å².